The fraction of sp³-hybridized carbons (Fsp3) is 0.0455. The van der Waals surface area contributed by atoms with Gasteiger partial charge in [-0.05, 0) is 46.7 Å². The number of fused-ring (bicyclic) bond motifs is 1. The third kappa shape index (κ3) is 5.09. The molecule has 3 aromatic rings. The van der Waals surface area contributed by atoms with Crippen molar-refractivity contribution >= 4 is 57.6 Å². The van der Waals surface area contributed by atoms with Crippen LogP contribution in [0.3, 0.4) is 0 Å². The predicted octanol–water partition coefficient (Wildman–Crippen LogP) is 5.16. The molecule has 0 aliphatic heterocycles. The summed E-state index contributed by atoms with van der Waals surface area (Å²) in [5.41, 5.74) is 0.778. The van der Waals surface area contributed by atoms with Gasteiger partial charge < -0.3 is 15.2 Å². The van der Waals surface area contributed by atoms with Gasteiger partial charge in [-0.1, -0.05) is 53.5 Å². The molecule has 6 nitrogen and oxygen atoms in total. The molecule has 0 fully saturated rings. The molecular weight excluding hydrogens is 427 g/mol. The van der Waals surface area contributed by atoms with Crippen molar-refractivity contribution in [1.82, 2.24) is 0 Å². The minimum atomic E-state index is -1.18. The quantitative estimate of drug-likeness (QED) is 0.407. The van der Waals surface area contributed by atoms with Crippen LogP contribution in [0.1, 0.15) is 5.56 Å². The number of carbonyl (C=O) groups is 2. The van der Waals surface area contributed by atoms with Crippen LogP contribution in [0, 0.1) is 11.3 Å². The highest BCUT2D eigenvalue weighted by Crippen LogP contribution is 2.35. The standard InChI is InChI=1S/C22H14Cl2N2O4/c23-18-8-13(9-19(24)21(18)30-12-20(27)28)7-16(11-25)22(29)26-17-6-5-14-3-1-2-4-15(14)10-17/h1-10H,12H2,(H,26,29)(H,27,28)/b16-7+. The zero-order valence-corrected chi connectivity index (χ0v) is 16.9. The van der Waals surface area contributed by atoms with Crippen LogP contribution in [0.5, 0.6) is 5.75 Å². The summed E-state index contributed by atoms with van der Waals surface area (Å²) in [6.45, 7) is -0.605. The summed E-state index contributed by atoms with van der Waals surface area (Å²) in [6, 6.07) is 17.8. The third-order valence-corrected chi connectivity index (χ3v) is 4.61. The zero-order valence-electron chi connectivity index (χ0n) is 15.4. The number of nitrogens with zero attached hydrogens (tertiary/aromatic N) is 1. The van der Waals surface area contributed by atoms with Crippen molar-refractivity contribution in [3.8, 4) is 11.8 Å². The Labute approximate surface area is 181 Å². The van der Waals surface area contributed by atoms with Crippen LogP contribution in [-0.2, 0) is 9.59 Å². The predicted molar refractivity (Wildman–Crippen MR) is 116 cm³/mol. The van der Waals surface area contributed by atoms with Crippen molar-refractivity contribution in [3.05, 3.63) is 75.8 Å². The topological polar surface area (TPSA) is 99.4 Å². The summed E-state index contributed by atoms with van der Waals surface area (Å²) in [7, 11) is 0. The van der Waals surface area contributed by atoms with Gasteiger partial charge in [-0.3, -0.25) is 4.79 Å². The number of hydrogen-bond donors (Lipinski definition) is 2. The number of carboxylic acids is 1. The number of ether oxygens (including phenoxy) is 1. The van der Waals surface area contributed by atoms with Gasteiger partial charge in [0.1, 0.15) is 11.6 Å². The molecule has 0 atom stereocenters. The van der Waals surface area contributed by atoms with Gasteiger partial charge in [-0.2, -0.15) is 5.26 Å². The van der Waals surface area contributed by atoms with E-state index in [-0.39, 0.29) is 21.4 Å². The second-order valence-electron chi connectivity index (χ2n) is 6.18. The number of anilines is 1. The lowest BCUT2D eigenvalue weighted by Gasteiger charge is -2.09. The van der Waals surface area contributed by atoms with E-state index < -0.39 is 18.5 Å². The summed E-state index contributed by atoms with van der Waals surface area (Å²) in [5, 5.41) is 22.9. The molecule has 0 aliphatic rings. The number of carbonyl (C=O) groups excluding carboxylic acids is 1. The lowest BCUT2D eigenvalue weighted by atomic mass is 10.1. The summed E-state index contributed by atoms with van der Waals surface area (Å²) >= 11 is 12.2. The van der Waals surface area contributed by atoms with Gasteiger partial charge in [0.25, 0.3) is 5.91 Å². The number of nitriles is 1. The second-order valence-corrected chi connectivity index (χ2v) is 7.00. The van der Waals surface area contributed by atoms with Gasteiger partial charge in [0.2, 0.25) is 0 Å². The van der Waals surface area contributed by atoms with E-state index in [9.17, 15) is 14.9 Å². The molecule has 2 N–H and O–H groups in total. The molecule has 0 saturated heterocycles. The average Bonchev–Trinajstić information content (AvgIpc) is 2.71. The van der Waals surface area contributed by atoms with Gasteiger partial charge in [-0.15, -0.1) is 0 Å². The van der Waals surface area contributed by atoms with Gasteiger partial charge in [0, 0.05) is 5.69 Å². The van der Waals surface area contributed by atoms with Gasteiger partial charge >= 0.3 is 5.97 Å². The molecular formula is C22H14Cl2N2O4. The maximum Gasteiger partial charge on any atom is 0.341 e. The monoisotopic (exact) mass is 440 g/mol. The molecule has 0 spiro atoms. The van der Waals surface area contributed by atoms with Gasteiger partial charge in [0.05, 0.1) is 10.0 Å². The molecule has 0 bridgehead atoms. The van der Waals surface area contributed by atoms with Crippen molar-refractivity contribution in [2.75, 3.05) is 11.9 Å². The minimum absolute atomic E-state index is 0.0111. The van der Waals surface area contributed by atoms with Crippen LogP contribution in [0.4, 0.5) is 5.69 Å². The van der Waals surface area contributed by atoms with Crippen molar-refractivity contribution in [2.24, 2.45) is 0 Å². The number of benzene rings is 3. The van der Waals surface area contributed by atoms with Crippen LogP contribution in [0.15, 0.2) is 60.2 Å². The molecule has 0 aromatic heterocycles. The fourth-order valence-corrected chi connectivity index (χ4v) is 3.33. The van der Waals surface area contributed by atoms with Crippen molar-refractivity contribution in [3.63, 3.8) is 0 Å². The molecule has 0 radical (unpaired) electrons. The van der Waals surface area contributed by atoms with E-state index in [0.717, 1.165) is 10.8 Å². The Hall–Kier alpha value is -3.53. The number of halogens is 2. The largest absolute Gasteiger partial charge is 0.479 e. The number of hydrogen-bond acceptors (Lipinski definition) is 4. The molecule has 0 unspecified atom stereocenters. The van der Waals surface area contributed by atoms with E-state index in [1.807, 2.05) is 42.5 Å². The normalized spacial score (nSPS) is 11.0. The molecule has 0 saturated carbocycles. The first kappa shape index (κ1) is 21.2. The first-order valence-corrected chi connectivity index (χ1v) is 9.38. The average molecular weight is 441 g/mol. The summed E-state index contributed by atoms with van der Waals surface area (Å²) < 4.78 is 5.05. The van der Waals surface area contributed by atoms with Gasteiger partial charge in [0.15, 0.2) is 12.4 Å². The Kier molecular flexibility index (Phi) is 6.58. The van der Waals surface area contributed by atoms with E-state index in [2.05, 4.69) is 5.32 Å². The molecule has 0 aliphatic carbocycles. The van der Waals surface area contributed by atoms with Crippen LogP contribution < -0.4 is 10.1 Å². The molecule has 30 heavy (non-hydrogen) atoms. The molecule has 150 valence electrons. The Bertz CT molecular complexity index is 1190. The highest BCUT2D eigenvalue weighted by atomic mass is 35.5. The lowest BCUT2D eigenvalue weighted by Crippen LogP contribution is -2.13. The van der Waals surface area contributed by atoms with Crippen molar-refractivity contribution in [2.45, 2.75) is 0 Å². The minimum Gasteiger partial charge on any atom is -0.479 e. The smallest absolute Gasteiger partial charge is 0.341 e. The van der Waals surface area contributed by atoms with Crippen LogP contribution in [-0.4, -0.2) is 23.6 Å². The summed E-state index contributed by atoms with van der Waals surface area (Å²) in [5.74, 6) is -1.76. The van der Waals surface area contributed by atoms with E-state index in [4.69, 9.17) is 33.0 Å². The highest BCUT2D eigenvalue weighted by Gasteiger charge is 2.14. The fourth-order valence-electron chi connectivity index (χ4n) is 2.72. The summed E-state index contributed by atoms with van der Waals surface area (Å²) in [4.78, 5) is 23.2. The zero-order chi connectivity index (χ0) is 21.7. The number of amides is 1. The molecule has 0 heterocycles. The number of rotatable bonds is 6. The summed E-state index contributed by atoms with van der Waals surface area (Å²) in [6.07, 6.45) is 1.33. The maximum absolute atomic E-state index is 12.5. The second kappa shape index (κ2) is 9.31. The molecule has 1 amide bonds. The Balaban J connectivity index is 1.82. The number of carboxylic acid groups (broad SMARTS) is 1. The maximum atomic E-state index is 12.5. The highest BCUT2D eigenvalue weighted by molar-refractivity contribution is 6.37. The first-order chi connectivity index (χ1) is 14.4. The molecule has 3 aromatic carbocycles. The van der Waals surface area contributed by atoms with E-state index in [1.165, 1.54) is 18.2 Å². The Morgan fingerprint density at radius 2 is 1.73 bits per heavy atom. The van der Waals surface area contributed by atoms with Crippen LogP contribution in [0.2, 0.25) is 10.0 Å². The van der Waals surface area contributed by atoms with E-state index in [0.29, 0.717) is 11.3 Å². The van der Waals surface area contributed by atoms with Crippen LogP contribution in [0.25, 0.3) is 16.8 Å². The first-order valence-electron chi connectivity index (χ1n) is 8.63. The molecule has 8 heteroatoms. The van der Waals surface area contributed by atoms with E-state index >= 15 is 0 Å². The van der Waals surface area contributed by atoms with Crippen molar-refractivity contribution < 1.29 is 19.4 Å². The third-order valence-electron chi connectivity index (χ3n) is 4.04. The lowest BCUT2D eigenvalue weighted by molar-refractivity contribution is -0.139. The number of nitrogens with one attached hydrogen (secondary N) is 1. The van der Waals surface area contributed by atoms with Gasteiger partial charge in [-0.25, -0.2) is 4.79 Å². The molecule has 3 rings (SSSR count). The van der Waals surface area contributed by atoms with Crippen LogP contribution >= 0.6 is 23.2 Å². The van der Waals surface area contributed by atoms with E-state index in [1.54, 1.807) is 6.07 Å². The Morgan fingerprint density at radius 1 is 1.07 bits per heavy atom. The SMILES string of the molecule is N#C/C(=C\c1cc(Cl)c(OCC(=O)O)c(Cl)c1)C(=O)Nc1ccc2ccccc2c1. The Morgan fingerprint density at radius 3 is 2.37 bits per heavy atom. The number of aliphatic carboxylic acids is 1. The van der Waals surface area contributed by atoms with Crippen molar-refractivity contribution in [1.29, 1.82) is 5.26 Å².